The van der Waals surface area contributed by atoms with Gasteiger partial charge in [-0.2, -0.15) is 0 Å². The summed E-state index contributed by atoms with van der Waals surface area (Å²) >= 11 is 1.35. The van der Waals surface area contributed by atoms with Gasteiger partial charge in [0.1, 0.15) is 5.82 Å². The van der Waals surface area contributed by atoms with Crippen LogP contribution in [0.3, 0.4) is 0 Å². The molecule has 1 atom stereocenters. The minimum atomic E-state index is -0.994. The Morgan fingerprint density at radius 3 is 2.76 bits per heavy atom. The highest BCUT2D eigenvalue weighted by Gasteiger charge is 2.21. The topological polar surface area (TPSA) is 82.2 Å². The van der Waals surface area contributed by atoms with Crippen molar-refractivity contribution >= 4 is 33.9 Å². The summed E-state index contributed by atoms with van der Waals surface area (Å²) in [7, 11) is 0. The second-order valence-electron chi connectivity index (χ2n) is 4.53. The van der Waals surface area contributed by atoms with E-state index < -0.39 is 12.0 Å². The Kier molecular flexibility index (Phi) is 3.45. The van der Waals surface area contributed by atoms with Gasteiger partial charge in [-0.15, -0.1) is 11.3 Å². The molecule has 0 saturated carbocycles. The first kappa shape index (κ1) is 13.4. The number of pyridine rings is 1. The SMILES string of the molecule is O=C(O)C(Nc1cc2ccccc2c(=O)[nH]1)c1cccs1. The van der Waals surface area contributed by atoms with Gasteiger partial charge in [0.15, 0.2) is 6.04 Å². The molecule has 2 heterocycles. The Balaban J connectivity index is 2.00. The van der Waals surface area contributed by atoms with Gasteiger partial charge < -0.3 is 15.4 Å². The molecule has 0 fully saturated rings. The molecule has 0 aliphatic heterocycles. The number of aromatic amines is 1. The average Bonchev–Trinajstić information content (AvgIpc) is 2.98. The third-order valence-corrected chi connectivity index (χ3v) is 4.07. The number of anilines is 1. The van der Waals surface area contributed by atoms with E-state index in [-0.39, 0.29) is 5.56 Å². The van der Waals surface area contributed by atoms with Gasteiger partial charge in [-0.1, -0.05) is 24.3 Å². The number of hydrogen-bond donors (Lipinski definition) is 3. The minimum absolute atomic E-state index is 0.245. The Bertz CT molecular complexity index is 840. The van der Waals surface area contributed by atoms with Crippen LogP contribution in [0.2, 0.25) is 0 Å². The summed E-state index contributed by atoms with van der Waals surface area (Å²) in [4.78, 5) is 26.7. The van der Waals surface area contributed by atoms with Crippen molar-refractivity contribution in [3.05, 3.63) is 63.1 Å². The molecule has 3 N–H and O–H groups in total. The van der Waals surface area contributed by atoms with Crippen molar-refractivity contribution in [2.24, 2.45) is 0 Å². The summed E-state index contributed by atoms with van der Waals surface area (Å²) in [6.07, 6.45) is 0. The molecule has 5 nitrogen and oxygen atoms in total. The lowest BCUT2D eigenvalue weighted by atomic mass is 10.1. The predicted octanol–water partition coefficient (Wildman–Crippen LogP) is 2.83. The van der Waals surface area contributed by atoms with Crippen molar-refractivity contribution in [1.82, 2.24) is 4.98 Å². The number of rotatable bonds is 4. The summed E-state index contributed by atoms with van der Waals surface area (Å²) in [5.74, 6) is -0.606. The highest BCUT2D eigenvalue weighted by atomic mass is 32.1. The number of hydrogen-bond acceptors (Lipinski definition) is 4. The van der Waals surface area contributed by atoms with E-state index >= 15 is 0 Å². The van der Waals surface area contributed by atoms with Gasteiger partial charge in [0.2, 0.25) is 0 Å². The van der Waals surface area contributed by atoms with Crippen molar-refractivity contribution < 1.29 is 9.90 Å². The first-order chi connectivity index (χ1) is 10.1. The number of thiophene rings is 1. The molecule has 0 amide bonds. The maximum absolute atomic E-state index is 12.0. The number of fused-ring (bicyclic) bond motifs is 1. The molecule has 3 rings (SSSR count). The standard InChI is InChI=1S/C15H12N2O3S/c18-14-10-5-2-1-4-9(10)8-12(17-14)16-13(15(19)20)11-6-3-7-21-11/h1-8,13H,(H,19,20)(H2,16,17,18). The van der Waals surface area contributed by atoms with Crippen LogP contribution in [0.15, 0.2) is 52.6 Å². The van der Waals surface area contributed by atoms with Gasteiger partial charge in [-0.05, 0) is 29.0 Å². The first-order valence-electron chi connectivity index (χ1n) is 6.30. The van der Waals surface area contributed by atoms with Crippen LogP contribution in [0.5, 0.6) is 0 Å². The lowest BCUT2D eigenvalue weighted by molar-refractivity contribution is -0.138. The highest BCUT2D eigenvalue weighted by Crippen LogP contribution is 2.23. The largest absolute Gasteiger partial charge is 0.479 e. The Morgan fingerprint density at radius 1 is 1.24 bits per heavy atom. The molecule has 21 heavy (non-hydrogen) atoms. The van der Waals surface area contributed by atoms with Crippen LogP contribution in [0, 0.1) is 0 Å². The summed E-state index contributed by atoms with van der Waals surface area (Å²) in [5.41, 5.74) is -0.245. The Morgan fingerprint density at radius 2 is 2.05 bits per heavy atom. The van der Waals surface area contributed by atoms with Crippen LogP contribution in [-0.4, -0.2) is 16.1 Å². The van der Waals surface area contributed by atoms with Crippen molar-refractivity contribution in [2.45, 2.75) is 6.04 Å². The number of carboxylic acid groups (broad SMARTS) is 1. The fraction of sp³-hybridized carbons (Fsp3) is 0.0667. The summed E-state index contributed by atoms with van der Waals surface area (Å²) in [5, 5.41) is 15.4. The molecule has 106 valence electrons. The maximum Gasteiger partial charge on any atom is 0.331 e. The molecule has 0 saturated heterocycles. The van der Waals surface area contributed by atoms with E-state index in [1.54, 1.807) is 30.3 Å². The van der Waals surface area contributed by atoms with Gasteiger partial charge in [0, 0.05) is 10.3 Å². The van der Waals surface area contributed by atoms with E-state index in [9.17, 15) is 14.7 Å². The fourth-order valence-corrected chi connectivity index (χ4v) is 2.92. The van der Waals surface area contributed by atoms with Crippen LogP contribution < -0.4 is 10.9 Å². The van der Waals surface area contributed by atoms with Crippen molar-refractivity contribution in [1.29, 1.82) is 0 Å². The zero-order valence-corrected chi connectivity index (χ0v) is 11.7. The molecule has 0 aliphatic rings. The zero-order chi connectivity index (χ0) is 14.8. The smallest absolute Gasteiger partial charge is 0.331 e. The Labute approximate surface area is 123 Å². The van der Waals surface area contributed by atoms with Crippen molar-refractivity contribution in [3.8, 4) is 0 Å². The third-order valence-electron chi connectivity index (χ3n) is 3.13. The molecule has 2 aromatic heterocycles. The third kappa shape index (κ3) is 2.66. The number of carboxylic acids is 1. The first-order valence-corrected chi connectivity index (χ1v) is 7.18. The molecule has 1 aromatic carbocycles. The predicted molar refractivity (Wildman–Crippen MR) is 82.9 cm³/mol. The minimum Gasteiger partial charge on any atom is -0.479 e. The fourth-order valence-electron chi connectivity index (χ4n) is 2.15. The van der Waals surface area contributed by atoms with E-state index in [1.807, 2.05) is 17.5 Å². The van der Waals surface area contributed by atoms with Crippen LogP contribution >= 0.6 is 11.3 Å². The Hall–Kier alpha value is -2.60. The molecule has 1 unspecified atom stereocenters. The lowest BCUT2D eigenvalue weighted by Gasteiger charge is -2.14. The molecule has 3 aromatic rings. The second-order valence-corrected chi connectivity index (χ2v) is 5.51. The maximum atomic E-state index is 12.0. The van der Waals surface area contributed by atoms with Crippen molar-refractivity contribution in [2.75, 3.05) is 5.32 Å². The van der Waals surface area contributed by atoms with Gasteiger partial charge >= 0.3 is 5.97 Å². The summed E-state index contributed by atoms with van der Waals surface area (Å²) in [6.45, 7) is 0. The lowest BCUT2D eigenvalue weighted by Crippen LogP contribution is -2.21. The number of nitrogens with one attached hydrogen (secondary N) is 2. The van der Waals surface area contributed by atoms with Crippen molar-refractivity contribution in [3.63, 3.8) is 0 Å². The number of aromatic nitrogens is 1. The van der Waals surface area contributed by atoms with Gasteiger partial charge in [0.25, 0.3) is 5.56 Å². The molecule has 0 radical (unpaired) electrons. The highest BCUT2D eigenvalue weighted by molar-refractivity contribution is 7.10. The molecule has 0 spiro atoms. The number of carbonyl (C=O) groups is 1. The molecule has 0 aliphatic carbocycles. The van der Waals surface area contributed by atoms with E-state index in [4.69, 9.17) is 0 Å². The van der Waals surface area contributed by atoms with Gasteiger partial charge in [-0.3, -0.25) is 4.79 Å². The molecular weight excluding hydrogens is 288 g/mol. The molecule has 0 bridgehead atoms. The molecular formula is C15H12N2O3S. The van der Waals surface area contributed by atoms with Crippen LogP contribution in [-0.2, 0) is 4.79 Å². The number of H-pyrrole nitrogens is 1. The van der Waals surface area contributed by atoms with Crippen LogP contribution in [0.4, 0.5) is 5.82 Å². The quantitative estimate of drug-likeness (QED) is 0.692. The average molecular weight is 300 g/mol. The molecule has 6 heteroatoms. The second kappa shape index (κ2) is 5.41. The zero-order valence-electron chi connectivity index (χ0n) is 10.9. The normalized spacial score (nSPS) is 12.2. The summed E-state index contributed by atoms with van der Waals surface area (Å²) in [6, 6.07) is 11.6. The van der Waals surface area contributed by atoms with Crippen LogP contribution in [0.1, 0.15) is 10.9 Å². The van der Waals surface area contributed by atoms with E-state index in [0.717, 1.165) is 5.39 Å². The number of aliphatic carboxylic acids is 1. The van der Waals surface area contributed by atoms with E-state index in [2.05, 4.69) is 10.3 Å². The summed E-state index contributed by atoms with van der Waals surface area (Å²) < 4.78 is 0. The number of benzene rings is 1. The van der Waals surface area contributed by atoms with E-state index in [1.165, 1.54) is 11.3 Å². The monoisotopic (exact) mass is 300 g/mol. The van der Waals surface area contributed by atoms with E-state index in [0.29, 0.717) is 16.1 Å². The van der Waals surface area contributed by atoms with Gasteiger partial charge in [0.05, 0.1) is 0 Å². The van der Waals surface area contributed by atoms with Crippen LogP contribution in [0.25, 0.3) is 10.8 Å². The van der Waals surface area contributed by atoms with Gasteiger partial charge in [-0.25, -0.2) is 4.79 Å².